The fourth-order valence-corrected chi connectivity index (χ4v) is 6.72. The van der Waals surface area contributed by atoms with E-state index < -0.39 is 29.6 Å². The molecule has 0 unspecified atom stereocenters. The molecular formula is C41H47N5O6. The average molecular weight is 706 g/mol. The summed E-state index contributed by atoms with van der Waals surface area (Å²) in [6.07, 6.45) is 4.82. The molecule has 0 saturated heterocycles. The van der Waals surface area contributed by atoms with E-state index in [1.165, 1.54) is 0 Å². The Morgan fingerprint density at radius 3 is 2.50 bits per heavy atom. The second-order valence-electron chi connectivity index (χ2n) is 14.5. The van der Waals surface area contributed by atoms with Crippen LogP contribution in [-0.2, 0) is 49.9 Å². The lowest BCUT2D eigenvalue weighted by Gasteiger charge is -2.34. The smallest absolute Gasteiger partial charge is 0.338 e. The van der Waals surface area contributed by atoms with Gasteiger partial charge in [0.25, 0.3) is 0 Å². The van der Waals surface area contributed by atoms with E-state index >= 15 is 0 Å². The number of aromatic nitrogens is 2. The van der Waals surface area contributed by atoms with Crippen LogP contribution >= 0.6 is 0 Å². The fourth-order valence-electron chi connectivity index (χ4n) is 6.72. The predicted octanol–water partition coefficient (Wildman–Crippen LogP) is 5.85. The van der Waals surface area contributed by atoms with Gasteiger partial charge in [-0.1, -0.05) is 61.0 Å². The monoisotopic (exact) mass is 705 g/mol. The van der Waals surface area contributed by atoms with Crippen LogP contribution in [0, 0.1) is 0 Å². The number of rotatable bonds is 13. The molecule has 1 aliphatic rings. The number of nitrogens with two attached hydrogens (primary N) is 1. The molecule has 2 amide bonds. The molecule has 5 N–H and O–H groups in total. The van der Waals surface area contributed by atoms with Gasteiger partial charge in [-0.25, -0.2) is 9.59 Å². The number of carbonyl (C=O) groups is 4. The third kappa shape index (κ3) is 8.71. The Hall–Kier alpha value is -5.42. The predicted molar refractivity (Wildman–Crippen MR) is 199 cm³/mol. The third-order valence-corrected chi connectivity index (χ3v) is 9.37. The van der Waals surface area contributed by atoms with E-state index in [0.29, 0.717) is 44.3 Å². The number of ether oxygens (including phenoxy) is 2. The van der Waals surface area contributed by atoms with Gasteiger partial charge in [0.05, 0.1) is 18.2 Å². The van der Waals surface area contributed by atoms with Crippen LogP contribution in [0.1, 0.15) is 79.2 Å². The minimum absolute atomic E-state index is 0.103. The molecule has 1 aliphatic heterocycles. The first kappa shape index (κ1) is 36.4. The van der Waals surface area contributed by atoms with Crippen LogP contribution in [0.4, 0.5) is 0 Å². The second-order valence-corrected chi connectivity index (χ2v) is 14.5. The number of benzene rings is 3. The van der Waals surface area contributed by atoms with Crippen molar-refractivity contribution in [1.29, 1.82) is 0 Å². The van der Waals surface area contributed by atoms with Crippen LogP contribution < -0.4 is 11.1 Å². The van der Waals surface area contributed by atoms with Crippen LogP contribution in [0.15, 0.2) is 79.0 Å². The summed E-state index contributed by atoms with van der Waals surface area (Å²) in [6, 6.07) is 21.3. The lowest BCUT2D eigenvalue weighted by atomic mass is 9.96. The van der Waals surface area contributed by atoms with E-state index in [9.17, 15) is 19.2 Å². The van der Waals surface area contributed by atoms with Crippen LogP contribution in [0.3, 0.4) is 0 Å². The molecule has 272 valence electrons. The zero-order chi connectivity index (χ0) is 36.8. The van der Waals surface area contributed by atoms with Gasteiger partial charge in [0, 0.05) is 53.1 Å². The molecule has 2 aromatic heterocycles. The Labute approximate surface area is 303 Å². The van der Waals surface area contributed by atoms with E-state index in [2.05, 4.69) is 15.3 Å². The topological polar surface area (TPSA) is 160 Å². The number of nitrogens with zero attached hydrogens (tertiary/aromatic N) is 1. The molecule has 0 bridgehead atoms. The molecule has 0 fully saturated rings. The van der Waals surface area contributed by atoms with Gasteiger partial charge in [-0.15, -0.1) is 0 Å². The number of esters is 2. The number of hydrogen-bond donors (Lipinski definition) is 4. The average Bonchev–Trinajstić information content (AvgIpc) is 3.71. The van der Waals surface area contributed by atoms with Crippen molar-refractivity contribution in [2.24, 2.45) is 5.73 Å². The van der Waals surface area contributed by atoms with Gasteiger partial charge in [0.15, 0.2) is 0 Å². The molecule has 0 radical (unpaired) electrons. The van der Waals surface area contributed by atoms with Crippen molar-refractivity contribution in [2.75, 3.05) is 6.54 Å². The molecule has 0 spiro atoms. The summed E-state index contributed by atoms with van der Waals surface area (Å²) in [6.45, 7) is 6.36. The van der Waals surface area contributed by atoms with Gasteiger partial charge in [0.1, 0.15) is 18.2 Å². The highest BCUT2D eigenvalue weighted by Gasteiger charge is 2.37. The maximum atomic E-state index is 13.6. The Morgan fingerprint density at radius 1 is 0.942 bits per heavy atom. The number of unbranched alkanes of at least 4 members (excludes halogenated alkanes) is 2. The standard InChI is InChI=1S/C41H47N5O6/c1-41(2,3)52-39(49)27-17-18-29-28(23-44-34(29)21-27)20-32(42)38(48)43-19-11-5-8-16-37(47)46-24-35-31(30-14-9-10-15-33(30)45-35)22-36(46)40(50)51-25-26-12-6-4-7-13-26/h4,6-7,9-10,12-15,17-18,21,23,32,36,44-45H,5,8,11,16,19-20,22,24-25,42H2,1-3H3,(H,43,48)/t32-,36-/m0/s1. The SMILES string of the molecule is CC(C)(C)OC(=O)c1ccc2c(C[C@H](N)C(=O)NCCCCCC(=O)N3Cc4[nH]c5ccccc5c4C[C@H]3C(=O)OCc3ccccc3)c[nH]c2c1. The van der Waals surface area contributed by atoms with Crippen molar-refractivity contribution in [1.82, 2.24) is 20.2 Å². The largest absolute Gasteiger partial charge is 0.459 e. The summed E-state index contributed by atoms with van der Waals surface area (Å²) in [7, 11) is 0. The van der Waals surface area contributed by atoms with Crippen molar-refractivity contribution in [3.05, 3.63) is 107 Å². The molecular weight excluding hydrogens is 658 g/mol. The van der Waals surface area contributed by atoms with Gasteiger partial charge in [-0.2, -0.15) is 0 Å². The minimum Gasteiger partial charge on any atom is -0.459 e. The van der Waals surface area contributed by atoms with E-state index in [-0.39, 0.29) is 24.8 Å². The van der Waals surface area contributed by atoms with Crippen molar-refractivity contribution in [3.63, 3.8) is 0 Å². The maximum Gasteiger partial charge on any atom is 0.338 e. The van der Waals surface area contributed by atoms with Crippen LogP contribution in [0.25, 0.3) is 21.8 Å². The Kier molecular flexibility index (Phi) is 11.1. The summed E-state index contributed by atoms with van der Waals surface area (Å²) in [5.41, 5.74) is 11.6. The highest BCUT2D eigenvalue weighted by atomic mass is 16.6. The summed E-state index contributed by atoms with van der Waals surface area (Å²) in [5.74, 6) is -1.17. The summed E-state index contributed by atoms with van der Waals surface area (Å²) in [5, 5.41) is 4.87. The Bertz CT molecular complexity index is 2060. The Balaban J connectivity index is 0.974. The Morgan fingerprint density at radius 2 is 1.71 bits per heavy atom. The van der Waals surface area contributed by atoms with E-state index in [0.717, 1.165) is 50.6 Å². The molecule has 3 heterocycles. The van der Waals surface area contributed by atoms with E-state index in [1.54, 1.807) is 17.0 Å². The zero-order valence-corrected chi connectivity index (χ0v) is 30.0. The number of para-hydroxylation sites is 1. The second kappa shape index (κ2) is 15.9. The van der Waals surface area contributed by atoms with Crippen LogP contribution in [0.5, 0.6) is 0 Å². The molecule has 11 nitrogen and oxygen atoms in total. The number of amides is 2. The first-order valence-corrected chi connectivity index (χ1v) is 17.9. The molecule has 0 saturated carbocycles. The number of hydrogen-bond acceptors (Lipinski definition) is 7. The van der Waals surface area contributed by atoms with E-state index in [4.69, 9.17) is 15.2 Å². The van der Waals surface area contributed by atoms with Crippen molar-refractivity contribution in [2.45, 2.75) is 90.1 Å². The van der Waals surface area contributed by atoms with Crippen molar-refractivity contribution in [3.8, 4) is 0 Å². The highest BCUT2D eigenvalue weighted by Crippen LogP contribution is 2.31. The van der Waals surface area contributed by atoms with Gasteiger partial charge in [-0.05, 0) is 74.9 Å². The fraction of sp³-hybridized carbons (Fsp3) is 0.366. The molecule has 0 aliphatic carbocycles. The summed E-state index contributed by atoms with van der Waals surface area (Å²) in [4.78, 5) is 60.6. The lowest BCUT2D eigenvalue weighted by molar-refractivity contribution is -0.157. The first-order valence-electron chi connectivity index (χ1n) is 17.9. The zero-order valence-electron chi connectivity index (χ0n) is 30.0. The van der Waals surface area contributed by atoms with Crippen molar-refractivity contribution >= 4 is 45.6 Å². The molecule has 3 aromatic carbocycles. The first-order chi connectivity index (χ1) is 25.0. The highest BCUT2D eigenvalue weighted by molar-refractivity contribution is 5.96. The van der Waals surface area contributed by atoms with E-state index in [1.807, 2.05) is 87.6 Å². The van der Waals surface area contributed by atoms with Gasteiger partial charge < -0.3 is 35.4 Å². The number of carbonyl (C=O) groups excluding carboxylic acids is 4. The summed E-state index contributed by atoms with van der Waals surface area (Å²) < 4.78 is 11.2. The number of aromatic amines is 2. The van der Waals surface area contributed by atoms with Gasteiger partial charge in [-0.3, -0.25) is 9.59 Å². The molecule has 52 heavy (non-hydrogen) atoms. The van der Waals surface area contributed by atoms with Gasteiger partial charge in [0.2, 0.25) is 11.8 Å². The quantitative estimate of drug-likeness (QED) is 0.0884. The molecule has 6 rings (SSSR count). The lowest BCUT2D eigenvalue weighted by Crippen LogP contribution is -2.49. The summed E-state index contributed by atoms with van der Waals surface area (Å²) >= 11 is 0. The number of fused-ring (bicyclic) bond motifs is 4. The number of nitrogens with one attached hydrogen (secondary N) is 3. The molecule has 2 atom stereocenters. The van der Waals surface area contributed by atoms with Crippen LogP contribution in [-0.4, -0.2) is 62.9 Å². The van der Waals surface area contributed by atoms with Gasteiger partial charge >= 0.3 is 11.9 Å². The minimum atomic E-state index is -0.752. The maximum absolute atomic E-state index is 13.6. The normalized spacial score (nSPS) is 14.9. The third-order valence-electron chi connectivity index (χ3n) is 9.37. The molecule has 11 heteroatoms. The van der Waals surface area contributed by atoms with Crippen molar-refractivity contribution < 1.29 is 28.7 Å². The van der Waals surface area contributed by atoms with Crippen LogP contribution in [0.2, 0.25) is 0 Å². The molecule has 5 aromatic rings. The number of H-pyrrole nitrogens is 2.